The molecule has 0 unspecified atom stereocenters. The summed E-state index contributed by atoms with van der Waals surface area (Å²) in [6.45, 7) is 8.54. The van der Waals surface area contributed by atoms with Crippen LogP contribution in [0.4, 0.5) is 5.69 Å². The number of nitrogens with zero attached hydrogens (tertiary/aromatic N) is 3. The Hall–Kier alpha value is -1.62. The summed E-state index contributed by atoms with van der Waals surface area (Å²) in [5, 5.41) is 0. The molecule has 1 aromatic rings. The second-order valence-electron chi connectivity index (χ2n) is 7.01. The molecule has 1 aromatic heterocycles. The number of aromatic nitrogens is 1. The fourth-order valence-electron chi connectivity index (χ4n) is 3.94. The fraction of sp³-hybridized carbons (Fsp3) is 0.684. The van der Waals surface area contributed by atoms with Crippen molar-refractivity contribution in [1.82, 2.24) is 9.88 Å². The van der Waals surface area contributed by atoms with E-state index in [0.717, 1.165) is 57.8 Å². The first kappa shape index (κ1) is 17.2. The molecule has 0 bridgehead atoms. The topological polar surface area (TPSA) is 45.7 Å². The molecule has 0 N–H and O–H groups in total. The van der Waals surface area contributed by atoms with Crippen LogP contribution in [0.25, 0.3) is 0 Å². The van der Waals surface area contributed by atoms with E-state index < -0.39 is 0 Å². The normalized spacial score (nSPS) is 24.9. The van der Waals surface area contributed by atoms with Crippen LogP contribution in [0.3, 0.4) is 0 Å². The van der Waals surface area contributed by atoms with Crippen LogP contribution >= 0.6 is 0 Å². The molecule has 0 radical (unpaired) electrons. The molecule has 2 saturated heterocycles. The summed E-state index contributed by atoms with van der Waals surface area (Å²) in [5.41, 5.74) is 1.75. The number of hydrogen-bond acceptors (Lipinski definition) is 4. The van der Waals surface area contributed by atoms with Gasteiger partial charge in [-0.2, -0.15) is 0 Å². The molecule has 2 aliphatic heterocycles. The van der Waals surface area contributed by atoms with Gasteiger partial charge in [0.15, 0.2) is 0 Å². The maximum Gasteiger partial charge on any atom is 0.255 e. The average Bonchev–Trinajstić information content (AvgIpc) is 2.64. The van der Waals surface area contributed by atoms with Crippen molar-refractivity contribution in [3.63, 3.8) is 0 Å². The van der Waals surface area contributed by atoms with Crippen LogP contribution in [0.1, 0.15) is 49.9 Å². The minimum absolute atomic E-state index is 0.141. The van der Waals surface area contributed by atoms with Crippen LogP contribution in [-0.2, 0) is 4.74 Å². The Kier molecular flexibility index (Phi) is 5.72. The van der Waals surface area contributed by atoms with Gasteiger partial charge in [0.2, 0.25) is 0 Å². The third kappa shape index (κ3) is 3.72. The summed E-state index contributed by atoms with van der Waals surface area (Å²) in [7, 11) is 0. The molecule has 2 atom stereocenters. The van der Waals surface area contributed by atoms with Crippen LogP contribution in [0.15, 0.2) is 18.5 Å². The lowest BCUT2D eigenvalue weighted by Crippen LogP contribution is -2.47. The molecule has 5 heteroatoms. The molecule has 2 fully saturated rings. The highest BCUT2D eigenvalue weighted by Gasteiger charge is 2.32. The third-order valence-corrected chi connectivity index (χ3v) is 5.31. The first-order chi connectivity index (χ1) is 11.7. The zero-order chi connectivity index (χ0) is 16.9. The summed E-state index contributed by atoms with van der Waals surface area (Å²) in [4.78, 5) is 21.8. The summed E-state index contributed by atoms with van der Waals surface area (Å²) in [6, 6.07) is 2.37. The number of anilines is 1. The van der Waals surface area contributed by atoms with Crippen molar-refractivity contribution in [2.24, 2.45) is 5.92 Å². The molecule has 132 valence electrons. The van der Waals surface area contributed by atoms with Gasteiger partial charge in [-0.1, -0.05) is 20.3 Å². The van der Waals surface area contributed by atoms with E-state index in [1.807, 2.05) is 12.3 Å². The van der Waals surface area contributed by atoms with Crippen molar-refractivity contribution >= 4 is 11.6 Å². The number of likely N-dealkylation sites (tertiary alicyclic amines) is 1. The van der Waals surface area contributed by atoms with Crippen molar-refractivity contribution in [3.05, 3.63) is 24.0 Å². The molecule has 5 nitrogen and oxygen atoms in total. The predicted molar refractivity (Wildman–Crippen MR) is 95.4 cm³/mol. The van der Waals surface area contributed by atoms with Crippen molar-refractivity contribution in [3.8, 4) is 0 Å². The first-order valence-electron chi connectivity index (χ1n) is 9.29. The number of hydrogen-bond donors (Lipinski definition) is 0. The number of carbonyl (C=O) groups is 1. The zero-order valence-electron chi connectivity index (χ0n) is 14.9. The van der Waals surface area contributed by atoms with Gasteiger partial charge < -0.3 is 14.5 Å². The molecule has 0 aliphatic carbocycles. The number of morpholine rings is 1. The van der Waals surface area contributed by atoms with Gasteiger partial charge in [0.05, 0.1) is 30.7 Å². The smallest absolute Gasteiger partial charge is 0.255 e. The highest BCUT2D eigenvalue weighted by atomic mass is 16.5. The van der Waals surface area contributed by atoms with Crippen LogP contribution in [0.5, 0.6) is 0 Å². The molecule has 3 rings (SSSR count). The lowest BCUT2D eigenvalue weighted by atomic mass is 9.87. The van der Waals surface area contributed by atoms with E-state index in [-0.39, 0.29) is 5.91 Å². The summed E-state index contributed by atoms with van der Waals surface area (Å²) >= 11 is 0. The number of ether oxygens (including phenoxy) is 1. The van der Waals surface area contributed by atoms with E-state index >= 15 is 0 Å². The van der Waals surface area contributed by atoms with Gasteiger partial charge in [-0.25, -0.2) is 0 Å². The van der Waals surface area contributed by atoms with Gasteiger partial charge >= 0.3 is 0 Å². The second kappa shape index (κ2) is 7.97. The Morgan fingerprint density at radius 1 is 1.29 bits per heavy atom. The highest BCUT2D eigenvalue weighted by molar-refractivity contribution is 5.95. The minimum atomic E-state index is 0.141. The molecule has 0 aromatic carbocycles. The van der Waals surface area contributed by atoms with Gasteiger partial charge in [-0.05, 0) is 31.2 Å². The van der Waals surface area contributed by atoms with Crippen molar-refractivity contribution in [2.45, 2.75) is 45.6 Å². The lowest BCUT2D eigenvalue weighted by Gasteiger charge is -2.40. The van der Waals surface area contributed by atoms with E-state index in [0.29, 0.717) is 17.5 Å². The maximum atomic E-state index is 13.1. The van der Waals surface area contributed by atoms with Crippen molar-refractivity contribution in [1.29, 1.82) is 0 Å². The number of carbonyl (C=O) groups excluding carboxylic acids is 1. The van der Waals surface area contributed by atoms with Gasteiger partial charge in [0.1, 0.15) is 0 Å². The van der Waals surface area contributed by atoms with Gasteiger partial charge in [-0.3, -0.25) is 9.78 Å². The molecule has 0 saturated carbocycles. The molecule has 0 spiro atoms. The minimum Gasteiger partial charge on any atom is -0.378 e. The molecular weight excluding hydrogens is 302 g/mol. The number of pyridine rings is 1. The number of amides is 1. The van der Waals surface area contributed by atoms with E-state index in [1.165, 1.54) is 6.42 Å². The summed E-state index contributed by atoms with van der Waals surface area (Å²) in [6.07, 6.45) is 8.09. The van der Waals surface area contributed by atoms with Crippen LogP contribution < -0.4 is 4.90 Å². The van der Waals surface area contributed by atoms with Crippen LogP contribution in [0, 0.1) is 5.92 Å². The number of piperidine rings is 1. The SMILES string of the molecule is CCC[C@H]1[C@H](C)CCCN1C(=O)c1cncc(N2CCOCC2)c1. The van der Waals surface area contributed by atoms with Crippen LogP contribution in [-0.4, -0.2) is 54.7 Å². The molecule has 2 aliphatic rings. The lowest BCUT2D eigenvalue weighted by molar-refractivity contribution is 0.0497. The Labute approximate surface area is 145 Å². The summed E-state index contributed by atoms with van der Waals surface area (Å²) in [5.74, 6) is 0.723. The first-order valence-corrected chi connectivity index (χ1v) is 9.29. The number of rotatable bonds is 4. The molecule has 1 amide bonds. The predicted octanol–water partition coefficient (Wildman–Crippen LogP) is 2.96. The molecule has 24 heavy (non-hydrogen) atoms. The monoisotopic (exact) mass is 331 g/mol. The standard InChI is InChI=1S/C19H29N3O2/c1-3-5-18-15(2)6-4-7-22(18)19(23)16-12-17(14-20-13-16)21-8-10-24-11-9-21/h12-15,18H,3-11H2,1-2H3/t15-,18+/m1/s1. The van der Waals surface area contributed by atoms with E-state index in [9.17, 15) is 4.79 Å². The Balaban J connectivity index is 1.78. The average molecular weight is 331 g/mol. The van der Waals surface area contributed by atoms with Crippen molar-refractivity contribution < 1.29 is 9.53 Å². The quantitative estimate of drug-likeness (QED) is 0.851. The van der Waals surface area contributed by atoms with E-state index in [2.05, 4.69) is 28.6 Å². The second-order valence-corrected chi connectivity index (χ2v) is 7.01. The largest absolute Gasteiger partial charge is 0.378 e. The van der Waals surface area contributed by atoms with Gasteiger partial charge in [0, 0.05) is 31.9 Å². The zero-order valence-corrected chi connectivity index (χ0v) is 14.9. The van der Waals surface area contributed by atoms with Crippen molar-refractivity contribution in [2.75, 3.05) is 37.7 Å². The van der Waals surface area contributed by atoms with Gasteiger partial charge in [0.25, 0.3) is 5.91 Å². The van der Waals surface area contributed by atoms with Gasteiger partial charge in [-0.15, -0.1) is 0 Å². The Bertz CT molecular complexity index is 557. The van der Waals surface area contributed by atoms with E-state index in [1.54, 1.807) is 6.20 Å². The maximum absolute atomic E-state index is 13.1. The third-order valence-electron chi connectivity index (χ3n) is 5.31. The highest BCUT2D eigenvalue weighted by Crippen LogP contribution is 2.28. The molecule has 3 heterocycles. The Morgan fingerprint density at radius 3 is 2.83 bits per heavy atom. The van der Waals surface area contributed by atoms with Crippen LogP contribution in [0.2, 0.25) is 0 Å². The fourth-order valence-corrected chi connectivity index (χ4v) is 3.94. The Morgan fingerprint density at radius 2 is 2.08 bits per heavy atom. The molecular formula is C19H29N3O2. The summed E-state index contributed by atoms with van der Waals surface area (Å²) < 4.78 is 5.41. The van der Waals surface area contributed by atoms with E-state index in [4.69, 9.17) is 4.74 Å².